The number of anilines is 1. The van der Waals surface area contributed by atoms with Crippen LogP contribution >= 0.6 is 0 Å². The molecule has 1 aliphatic carbocycles. The van der Waals surface area contributed by atoms with Gasteiger partial charge in [0.1, 0.15) is 0 Å². The Morgan fingerprint density at radius 1 is 0.935 bits per heavy atom. The van der Waals surface area contributed by atoms with Gasteiger partial charge in [-0.3, -0.25) is 4.79 Å². The molecule has 5 rings (SSSR count). The highest BCUT2D eigenvalue weighted by atomic mass is 16.5. The van der Waals surface area contributed by atoms with E-state index in [2.05, 4.69) is 55.6 Å². The fourth-order valence-corrected chi connectivity index (χ4v) is 5.21. The van der Waals surface area contributed by atoms with E-state index in [0.717, 1.165) is 34.4 Å². The molecule has 1 atom stereocenters. The van der Waals surface area contributed by atoms with Crippen molar-refractivity contribution in [1.29, 1.82) is 0 Å². The third-order valence-electron chi connectivity index (χ3n) is 6.48. The van der Waals surface area contributed by atoms with Gasteiger partial charge in [-0.2, -0.15) is 0 Å². The second kappa shape index (κ2) is 7.16. The summed E-state index contributed by atoms with van der Waals surface area (Å²) in [5.74, 6) is 1.53. The van der Waals surface area contributed by atoms with Crippen LogP contribution in [0.25, 0.3) is 16.3 Å². The average molecular weight is 414 g/mol. The first kappa shape index (κ1) is 19.7. The van der Waals surface area contributed by atoms with Gasteiger partial charge in [0.05, 0.1) is 20.3 Å². The van der Waals surface area contributed by atoms with E-state index < -0.39 is 0 Å². The summed E-state index contributed by atoms with van der Waals surface area (Å²) >= 11 is 0. The number of Topliss-reactive ketones (excluding diaryl/α,β-unsaturated/α-hetero) is 1. The van der Waals surface area contributed by atoms with Crippen LogP contribution in [0.5, 0.6) is 11.5 Å². The van der Waals surface area contributed by atoms with Gasteiger partial charge in [0.25, 0.3) is 0 Å². The highest BCUT2D eigenvalue weighted by molar-refractivity contribution is 6.13. The van der Waals surface area contributed by atoms with E-state index in [1.54, 1.807) is 14.2 Å². The number of rotatable bonds is 3. The Hall–Kier alpha value is -3.27. The smallest absolute Gasteiger partial charge is 0.166 e. The summed E-state index contributed by atoms with van der Waals surface area (Å²) in [6.07, 6.45) is 1.40. The second-order valence-electron chi connectivity index (χ2n) is 9.20. The number of ketones is 1. The van der Waals surface area contributed by atoms with Crippen molar-refractivity contribution in [2.45, 2.75) is 32.7 Å². The molecule has 0 spiro atoms. The SMILES string of the molecule is COc1cccc([C@H]2Nc3ccc4ccccc4c3C3=C2C(=O)CC(C)(C)C3)c1OC. The molecule has 0 radical (unpaired) electrons. The first-order chi connectivity index (χ1) is 14.9. The van der Waals surface area contributed by atoms with E-state index in [0.29, 0.717) is 17.9 Å². The molecule has 0 fully saturated rings. The van der Waals surface area contributed by atoms with Crippen molar-refractivity contribution in [3.05, 3.63) is 71.3 Å². The van der Waals surface area contributed by atoms with Crippen molar-refractivity contribution >= 4 is 27.8 Å². The number of carbonyl (C=O) groups excluding carboxylic acids is 1. The lowest BCUT2D eigenvalue weighted by Gasteiger charge is -2.40. The molecule has 3 aromatic carbocycles. The zero-order chi connectivity index (χ0) is 21.8. The molecule has 0 saturated heterocycles. The minimum atomic E-state index is -0.280. The Kier molecular flexibility index (Phi) is 4.54. The van der Waals surface area contributed by atoms with Crippen LogP contribution < -0.4 is 14.8 Å². The number of allylic oxidation sites excluding steroid dienone is 1. The van der Waals surface area contributed by atoms with Crippen LogP contribution in [0.15, 0.2) is 60.2 Å². The number of hydrogen-bond acceptors (Lipinski definition) is 4. The van der Waals surface area contributed by atoms with E-state index in [4.69, 9.17) is 9.47 Å². The zero-order valence-corrected chi connectivity index (χ0v) is 18.4. The van der Waals surface area contributed by atoms with Gasteiger partial charge < -0.3 is 14.8 Å². The maximum Gasteiger partial charge on any atom is 0.166 e. The number of ether oxygens (including phenoxy) is 2. The van der Waals surface area contributed by atoms with Crippen molar-refractivity contribution in [2.24, 2.45) is 5.41 Å². The topological polar surface area (TPSA) is 47.6 Å². The largest absolute Gasteiger partial charge is 0.493 e. The van der Waals surface area contributed by atoms with Crippen molar-refractivity contribution in [2.75, 3.05) is 19.5 Å². The standard InChI is InChI=1S/C27H27NO3/c1-27(2)14-19-23-17-9-6-5-8-16(17)12-13-20(23)28-25(24(19)21(29)15-27)18-10-7-11-22(30-3)26(18)31-4/h5-13,25,28H,14-15H2,1-4H3/t25-/m1/s1. The number of benzene rings is 3. The second-order valence-corrected chi connectivity index (χ2v) is 9.20. The summed E-state index contributed by atoms with van der Waals surface area (Å²) in [6, 6.07) is 18.2. The first-order valence-corrected chi connectivity index (χ1v) is 10.7. The average Bonchev–Trinajstić information content (AvgIpc) is 2.76. The van der Waals surface area contributed by atoms with Gasteiger partial charge >= 0.3 is 0 Å². The van der Waals surface area contributed by atoms with Gasteiger partial charge in [-0.25, -0.2) is 0 Å². The number of para-hydroxylation sites is 1. The van der Waals surface area contributed by atoms with E-state index >= 15 is 0 Å². The zero-order valence-electron chi connectivity index (χ0n) is 18.4. The molecule has 4 nitrogen and oxygen atoms in total. The number of methoxy groups -OCH3 is 2. The molecule has 0 bridgehead atoms. The van der Waals surface area contributed by atoms with E-state index in [1.807, 2.05) is 18.2 Å². The normalized spacial score (nSPS) is 19.5. The van der Waals surface area contributed by atoms with E-state index in [1.165, 1.54) is 10.8 Å². The number of nitrogens with one attached hydrogen (secondary N) is 1. The molecule has 0 saturated carbocycles. The Balaban J connectivity index is 1.81. The monoisotopic (exact) mass is 413 g/mol. The van der Waals surface area contributed by atoms with E-state index in [9.17, 15) is 4.79 Å². The predicted molar refractivity (Wildman–Crippen MR) is 125 cm³/mol. The summed E-state index contributed by atoms with van der Waals surface area (Å²) in [5.41, 5.74) is 5.06. The number of carbonyl (C=O) groups is 1. The minimum Gasteiger partial charge on any atom is -0.493 e. The highest BCUT2D eigenvalue weighted by Gasteiger charge is 2.41. The lowest BCUT2D eigenvalue weighted by atomic mass is 9.67. The fraction of sp³-hybridized carbons (Fsp3) is 0.296. The molecular formula is C27H27NO3. The predicted octanol–water partition coefficient (Wildman–Crippen LogP) is 6.17. The van der Waals surface area contributed by atoms with Gasteiger partial charge in [-0.05, 0) is 40.3 Å². The van der Waals surface area contributed by atoms with Crippen LogP contribution in [-0.2, 0) is 4.79 Å². The summed E-state index contributed by atoms with van der Waals surface area (Å²) in [4.78, 5) is 13.6. The van der Waals surface area contributed by atoms with E-state index in [-0.39, 0.29) is 17.2 Å². The van der Waals surface area contributed by atoms with Crippen LogP contribution in [-0.4, -0.2) is 20.0 Å². The number of hydrogen-bond donors (Lipinski definition) is 1. The van der Waals surface area contributed by atoms with Gasteiger partial charge in [-0.15, -0.1) is 0 Å². The highest BCUT2D eigenvalue weighted by Crippen LogP contribution is 2.53. The minimum absolute atomic E-state index is 0.0789. The Morgan fingerprint density at radius 3 is 2.52 bits per heavy atom. The van der Waals surface area contributed by atoms with Gasteiger partial charge in [-0.1, -0.05) is 56.3 Å². The van der Waals surface area contributed by atoms with Crippen LogP contribution in [0.2, 0.25) is 0 Å². The Bertz CT molecular complexity index is 1240. The van der Waals surface area contributed by atoms with Crippen LogP contribution in [0.3, 0.4) is 0 Å². The van der Waals surface area contributed by atoms with Gasteiger partial charge in [0, 0.05) is 28.8 Å². The maximum absolute atomic E-state index is 13.6. The van der Waals surface area contributed by atoms with Gasteiger partial charge in [0.2, 0.25) is 0 Å². The van der Waals surface area contributed by atoms with Crippen LogP contribution in [0, 0.1) is 5.41 Å². The third-order valence-corrected chi connectivity index (χ3v) is 6.48. The third kappa shape index (κ3) is 3.09. The molecule has 1 heterocycles. The summed E-state index contributed by atoms with van der Waals surface area (Å²) in [5, 5.41) is 6.04. The summed E-state index contributed by atoms with van der Waals surface area (Å²) in [7, 11) is 3.28. The number of fused-ring (bicyclic) bond motifs is 4. The van der Waals surface area contributed by atoms with Crippen LogP contribution in [0.1, 0.15) is 43.9 Å². The van der Waals surface area contributed by atoms with Crippen molar-refractivity contribution in [3.8, 4) is 11.5 Å². The van der Waals surface area contributed by atoms with Crippen molar-refractivity contribution in [3.63, 3.8) is 0 Å². The maximum atomic E-state index is 13.6. The molecule has 0 unspecified atom stereocenters. The van der Waals surface area contributed by atoms with Crippen molar-refractivity contribution in [1.82, 2.24) is 0 Å². The lowest BCUT2D eigenvalue weighted by Crippen LogP contribution is -2.33. The molecule has 158 valence electrons. The molecule has 0 amide bonds. The molecule has 4 heteroatoms. The Morgan fingerprint density at radius 2 is 1.74 bits per heavy atom. The quantitative estimate of drug-likeness (QED) is 0.558. The van der Waals surface area contributed by atoms with Crippen LogP contribution in [0.4, 0.5) is 5.69 Å². The lowest BCUT2D eigenvalue weighted by molar-refractivity contribution is -0.118. The molecule has 0 aromatic heterocycles. The summed E-state index contributed by atoms with van der Waals surface area (Å²) < 4.78 is 11.3. The fourth-order valence-electron chi connectivity index (χ4n) is 5.21. The molecule has 31 heavy (non-hydrogen) atoms. The summed E-state index contributed by atoms with van der Waals surface area (Å²) in [6.45, 7) is 4.37. The van der Waals surface area contributed by atoms with Gasteiger partial charge in [0.15, 0.2) is 17.3 Å². The molecule has 3 aromatic rings. The molecule has 2 aliphatic rings. The first-order valence-electron chi connectivity index (χ1n) is 10.7. The molecular weight excluding hydrogens is 386 g/mol. The molecule has 1 N–H and O–H groups in total. The van der Waals surface area contributed by atoms with Crippen molar-refractivity contribution < 1.29 is 14.3 Å². The Labute approximate surface area is 182 Å². The molecule has 1 aliphatic heterocycles.